The minimum Gasteiger partial charge on any atom is -0.396 e. The van der Waals surface area contributed by atoms with Crippen molar-refractivity contribution in [1.82, 2.24) is 4.98 Å². The molecule has 1 unspecified atom stereocenters. The van der Waals surface area contributed by atoms with E-state index in [1.54, 1.807) is 18.3 Å². The number of nitrogen functional groups attached to an aromatic ring is 1. The molecular weight excluding hydrogens is 194 g/mol. The van der Waals surface area contributed by atoms with Gasteiger partial charge < -0.3 is 15.8 Å². The normalized spacial score (nSPS) is 20.1. The number of nitrogens with zero attached hydrogens (tertiary/aromatic N) is 1. The Morgan fingerprint density at radius 1 is 1.67 bits per heavy atom. The first-order valence-electron chi connectivity index (χ1n) is 4.86. The van der Waals surface area contributed by atoms with Crippen molar-refractivity contribution < 1.29 is 9.53 Å². The lowest BCUT2D eigenvalue weighted by Crippen LogP contribution is -2.23. The van der Waals surface area contributed by atoms with Crippen molar-refractivity contribution in [2.24, 2.45) is 5.92 Å². The highest BCUT2D eigenvalue weighted by molar-refractivity contribution is 5.94. The van der Waals surface area contributed by atoms with Gasteiger partial charge in [0, 0.05) is 12.8 Å². The zero-order valence-electron chi connectivity index (χ0n) is 8.27. The van der Waals surface area contributed by atoms with Crippen LogP contribution in [-0.2, 0) is 9.53 Å². The van der Waals surface area contributed by atoms with E-state index in [9.17, 15) is 4.79 Å². The molecule has 5 heteroatoms. The summed E-state index contributed by atoms with van der Waals surface area (Å²) in [5.74, 6) is 0.277. The first-order chi connectivity index (χ1) is 7.27. The van der Waals surface area contributed by atoms with E-state index in [1.165, 1.54) is 0 Å². The molecular formula is C10H13N3O2. The molecule has 1 saturated heterocycles. The van der Waals surface area contributed by atoms with Crippen LogP contribution in [0.3, 0.4) is 0 Å². The molecule has 0 radical (unpaired) electrons. The molecule has 1 aromatic heterocycles. The molecule has 2 rings (SSSR count). The van der Waals surface area contributed by atoms with Gasteiger partial charge in [-0.2, -0.15) is 0 Å². The highest BCUT2D eigenvalue weighted by atomic mass is 16.5. The number of carbonyl (C=O) groups excluding carboxylic acids is 1. The Kier molecular flexibility index (Phi) is 2.82. The quantitative estimate of drug-likeness (QED) is 0.746. The van der Waals surface area contributed by atoms with Crippen LogP contribution in [0.15, 0.2) is 18.3 Å². The summed E-state index contributed by atoms with van der Waals surface area (Å²) in [5.41, 5.74) is 6.14. The number of carbonyl (C=O) groups is 1. The number of hydrogen-bond donors (Lipinski definition) is 2. The van der Waals surface area contributed by atoms with Gasteiger partial charge in [0.2, 0.25) is 5.91 Å². The molecule has 3 N–H and O–H groups in total. The topological polar surface area (TPSA) is 77.2 Å². The number of hydrogen-bond acceptors (Lipinski definition) is 4. The average molecular weight is 207 g/mol. The fraction of sp³-hybridized carbons (Fsp3) is 0.400. The predicted molar refractivity (Wildman–Crippen MR) is 56.2 cm³/mol. The number of amides is 1. The number of pyridine rings is 1. The standard InChI is InChI=1S/C10H13N3O2/c11-8-2-1-4-12-9(8)13-10(14)7-3-5-15-6-7/h1-2,4,7H,3,5-6,11H2,(H,12,13,14). The molecule has 2 heterocycles. The third kappa shape index (κ3) is 2.24. The van der Waals surface area contributed by atoms with Crippen molar-refractivity contribution in [1.29, 1.82) is 0 Å². The zero-order valence-corrected chi connectivity index (χ0v) is 8.27. The minimum absolute atomic E-state index is 0.0714. The maximum Gasteiger partial charge on any atom is 0.231 e. The third-order valence-electron chi connectivity index (χ3n) is 2.38. The molecule has 1 aliphatic rings. The smallest absolute Gasteiger partial charge is 0.231 e. The largest absolute Gasteiger partial charge is 0.396 e. The Morgan fingerprint density at radius 3 is 3.20 bits per heavy atom. The Labute approximate surface area is 87.6 Å². The molecule has 1 amide bonds. The van der Waals surface area contributed by atoms with E-state index in [0.717, 1.165) is 6.42 Å². The maximum atomic E-state index is 11.7. The Hall–Kier alpha value is -1.62. The number of rotatable bonds is 2. The Bertz CT molecular complexity index is 361. The van der Waals surface area contributed by atoms with Gasteiger partial charge in [-0.15, -0.1) is 0 Å². The summed E-state index contributed by atoms with van der Waals surface area (Å²) in [6.07, 6.45) is 2.36. The second-order valence-electron chi connectivity index (χ2n) is 3.49. The number of nitrogens with two attached hydrogens (primary N) is 1. The van der Waals surface area contributed by atoms with Crippen molar-refractivity contribution in [2.45, 2.75) is 6.42 Å². The fourth-order valence-electron chi connectivity index (χ4n) is 1.48. The first kappa shape index (κ1) is 9.92. The van der Waals surface area contributed by atoms with Gasteiger partial charge in [-0.1, -0.05) is 0 Å². The SMILES string of the molecule is Nc1cccnc1NC(=O)C1CCOC1. The maximum absolute atomic E-state index is 11.7. The van der Waals surface area contributed by atoms with Crippen molar-refractivity contribution >= 4 is 17.4 Å². The van der Waals surface area contributed by atoms with E-state index in [4.69, 9.17) is 10.5 Å². The van der Waals surface area contributed by atoms with E-state index < -0.39 is 0 Å². The third-order valence-corrected chi connectivity index (χ3v) is 2.38. The fourth-order valence-corrected chi connectivity index (χ4v) is 1.48. The van der Waals surface area contributed by atoms with Crippen molar-refractivity contribution in [3.63, 3.8) is 0 Å². The highest BCUT2D eigenvalue weighted by Gasteiger charge is 2.24. The summed E-state index contributed by atoms with van der Waals surface area (Å²) in [6.45, 7) is 1.13. The van der Waals surface area contributed by atoms with Gasteiger partial charge in [-0.3, -0.25) is 4.79 Å². The molecule has 0 aliphatic carbocycles. The van der Waals surface area contributed by atoms with E-state index >= 15 is 0 Å². The lowest BCUT2D eigenvalue weighted by Gasteiger charge is -2.09. The summed E-state index contributed by atoms with van der Waals surface area (Å²) < 4.78 is 5.13. The van der Waals surface area contributed by atoms with Crippen LogP contribution >= 0.6 is 0 Å². The summed E-state index contributed by atoms with van der Waals surface area (Å²) >= 11 is 0. The van der Waals surface area contributed by atoms with Crippen molar-refractivity contribution in [3.05, 3.63) is 18.3 Å². The minimum atomic E-state index is -0.0774. The monoisotopic (exact) mass is 207 g/mol. The lowest BCUT2D eigenvalue weighted by atomic mass is 10.1. The van der Waals surface area contributed by atoms with Gasteiger partial charge in [0.1, 0.15) is 0 Å². The van der Waals surface area contributed by atoms with E-state index in [0.29, 0.717) is 24.7 Å². The zero-order chi connectivity index (χ0) is 10.7. The number of aromatic nitrogens is 1. The van der Waals surface area contributed by atoms with Gasteiger partial charge in [-0.05, 0) is 18.6 Å². The molecule has 1 atom stereocenters. The van der Waals surface area contributed by atoms with E-state index in [2.05, 4.69) is 10.3 Å². The number of nitrogens with one attached hydrogen (secondary N) is 1. The Balaban J connectivity index is 2.02. The van der Waals surface area contributed by atoms with E-state index in [-0.39, 0.29) is 11.8 Å². The van der Waals surface area contributed by atoms with Gasteiger partial charge >= 0.3 is 0 Å². The molecule has 1 aromatic rings. The molecule has 0 saturated carbocycles. The van der Waals surface area contributed by atoms with Crippen LogP contribution in [0.1, 0.15) is 6.42 Å². The predicted octanol–water partition coefficient (Wildman–Crippen LogP) is 0.639. The summed E-state index contributed by atoms with van der Waals surface area (Å²) in [5, 5.41) is 2.70. The second kappa shape index (κ2) is 4.27. The van der Waals surface area contributed by atoms with Crippen LogP contribution in [0.5, 0.6) is 0 Å². The van der Waals surface area contributed by atoms with Crippen LogP contribution in [0, 0.1) is 5.92 Å². The van der Waals surface area contributed by atoms with Gasteiger partial charge in [0.05, 0.1) is 18.2 Å². The van der Waals surface area contributed by atoms with Crippen LogP contribution in [0.25, 0.3) is 0 Å². The number of ether oxygens (including phenoxy) is 1. The van der Waals surface area contributed by atoms with Crippen LogP contribution in [-0.4, -0.2) is 24.1 Å². The van der Waals surface area contributed by atoms with Crippen LogP contribution < -0.4 is 11.1 Å². The molecule has 0 spiro atoms. The van der Waals surface area contributed by atoms with Crippen molar-refractivity contribution in [2.75, 3.05) is 24.3 Å². The average Bonchev–Trinajstić information content (AvgIpc) is 2.74. The molecule has 0 aromatic carbocycles. The van der Waals surface area contributed by atoms with E-state index in [1.807, 2.05) is 0 Å². The van der Waals surface area contributed by atoms with Gasteiger partial charge in [-0.25, -0.2) is 4.98 Å². The summed E-state index contributed by atoms with van der Waals surface area (Å²) in [6, 6.07) is 3.43. The van der Waals surface area contributed by atoms with Crippen molar-refractivity contribution in [3.8, 4) is 0 Å². The van der Waals surface area contributed by atoms with Crippen LogP contribution in [0.2, 0.25) is 0 Å². The Morgan fingerprint density at radius 2 is 2.53 bits per heavy atom. The number of anilines is 2. The lowest BCUT2D eigenvalue weighted by molar-refractivity contribution is -0.119. The summed E-state index contributed by atoms with van der Waals surface area (Å²) in [7, 11) is 0. The summed E-state index contributed by atoms with van der Waals surface area (Å²) in [4.78, 5) is 15.7. The molecule has 1 aliphatic heterocycles. The van der Waals surface area contributed by atoms with Gasteiger partial charge in [0.15, 0.2) is 5.82 Å². The molecule has 80 valence electrons. The molecule has 0 bridgehead atoms. The highest BCUT2D eigenvalue weighted by Crippen LogP contribution is 2.17. The second-order valence-corrected chi connectivity index (χ2v) is 3.49. The molecule has 1 fully saturated rings. The molecule has 15 heavy (non-hydrogen) atoms. The first-order valence-corrected chi connectivity index (χ1v) is 4.86. The van der Waals surface area contributed by atoms with Crippen LogP contribution in [0.4, 0.5) is 11.5 Å². The van der Waals surface area contributed by atoms with Gasteiger partial charge in [0.25, 0.3) is 0 Å². The molecule has 5 nitrogen and oxygen atoms in total.